The van der Waals surface area contributed by atoms with Crippen LogP contribution in [-0.2, 0) is 20.9 Å². The molecule has 0 fully saturated rings. The van der Waals surface area contributed by atoms with Gasteiger partial charge in [0.15, 0.2) is 11.5 Å². The third-order valence-electron chi connectivity index (χ3n) is 9.21. The zero-order chi connectivity index (χ0) is 41.1. The number of ether oxygens (including phenoxy) is 3. The Hall–Kier alpha value is -6.56. The van der Waals surface area contributed by atoms with Crippen LogP contribution in [0.1, 0.15) is 59.9 Å². The summed E-state index contributed by atoms with van der Waals surface area (Å²) in [5.74, 6) is -2.03. The molecule has 18 nitrogen and oxygen atoms in total. The predicted octanol–water partition coefficient (Wildman–Crippen LogP) is 1.76. The molecule has 5 amide bonds. The molecule has 0 saturated carbocycles. The molecule has 2 bridgehead atoms. The fourth-order valence-corrected chi connectivity index (χ4v) is 6.09. The van der Waals surface area contributed by atoms with Crippen LogP contribution in [0.4, 0.5) is 0 Å². The lowest BCUT2D eigenvalue weighted by Crippen LogP contribution is -2.59. The Labute approximate surface area is 329 Å². The number of tetrazole rings is 1. The maximum atomic E-state index is 13.8. The van der Waals surface area contributed by atoms with E-state index in [9.17, 15) is 29.1 Å². The minimum absolute atomic E-state index is 0.0828. The van der Waals surface area contributed by atoms with Crippen molar-refractivity contribution >= 4 is 29.5 Å². The van der Waals surface area contributed by atoms with Gasteiger partial charge in [0.2, 0.25) is 17.7 Å². The van der Waals surface area contributed by atoms with Gasteiger partial charge in [0, 0.05) is 24.2 Å². The van der Waals surface area contributed by atoms with Crippen LogP contribution in [0.5, 0.6) is 23.0 Å². The first-order valence-corrected chi connectivity index (χ1v) is 18.4. The van der Waals surface area contributed by atoms with Crippen molar-refractivity contribution < 1.29 is 43.3 Å². The van der Waals surface area contributed by atoms with Gasteiger partial charge in [-0.25, -0.2) is 4.68 Å². The van der Waals surface area contributed by atoms with Crippen molar-refractivity contribution in [3.8, 4) is 28.7 Å². The number of aliphatic hydroxyl groups excluding tert-OH is 1. The van der Waals surface area contributed by atoms with Crippen LogP contribution >= 0.6 is 0 Å². The van der Waals surface area contributed by atoms with Crippen molar-refractivity contribution in [1.29, 1.82) is 0 Å². The summed E-state index contributed by atoms with van der Waals surface area (Å²) < 4.78 is 18.8. The molecule has 0 aliphatic carbocycles. The molecule has 4 aromatic rings. The summed E-state index contributed by atoms with van der Waals surface area (Å²) in [6.07, 6.45) is 0.876. The second-order valence-electron chi connectivity index (χ2n) is 13.6. The van der Waals surface area contributed by atoms with Crippen molar-refractivity contribution in [2.24, 2.45) is 5.92 Å². The summed E-state index contributed by atoms with van der Waals surface area (Å²) in [7, 11) is 2.94. The number of carbonyl (C=O) groups is 5. The average Bonchev–Trinajstić information content (AvgIpc) is 3.75. The first-order chi connectivity index (χ1) is 27.4. The molecule has 1 aromatic heterocycles. The van der Waals surface area contributed by atoms with Crippen molar-refractivity contribution in [3.05, 3.63) is 83.7 Å². The van der Waals surface area contributed by atoms with Crippen LogP contribution in [0.3, 0.4) is 0 Å². The van der Waals surface area contributed by atoms with E-state index < -0.39 is 54.3 Å². The van der Waals surface area contributed by atoms with E-state index in [2.05, 4.69) is 36.8 Å². The molecule has 1 aliphatic heterocycles. The highest BCUT2D eigenvalue weighted by Crippen LogP contribution is 2.37. The van der Waals surface area contributed by atoms with Crippen LogP contribution in [0.2, 0.25) is 0 Å². The molecule has 302 valence electrons. The van der Waals surface area contributed by atoms with Gasteiger partial charge in [-0.3, -0.25) is 24.0 Å². The largest absolute Gasteiger partial charge is 0.496 e. The van der Waals surface area contributed by atoms with E-state index in [4.69, 9.17) is 14.2 Å². The highest BCUT2D eigenvalue weighted by molar-refractivity contribution is 5.98. The Morgan fingerprint density at radius 1 is 0.877 bits per heavy atom. The van der Waals surface area contributed by atoms with Crippen LogP contribution in [0, 0.1) is 5.92 Å². The molecule has 1 aliphatic rings. The molecule has 0 spiro atoms. The van der Waals surface area contributed by atoms with Gasteiger partial charge in [-0.15, -0.1) is 5.10 Å². The highest BCUT2D eigenvalue weighted by atomic mass is 16.5. The summed E-state index contributed by atoms with van der Waals surface area (Å²) >= 11 is 0. The fraction of sp³-hybridized carbons (Fsp3) is 0.385. The lowest BCUT2D eigenvalue weighted by atomic mass is 10.0. The van der Waals surface area contributed by atoms with E-state index in [1.807, 2.05) is 0 Å². The number of rotatable bonds is 6. The van der Waals surface area contributed by atoms with Gasteiger partial charge in [0.05, 0.1) is 44.7 Å². The lowest BCUT2D eigenvalue weighted by Gasteiger charge is -2.28. The normalized spacial score (nSPS) is 18.2. The number of nitrogens with one attached hydrogen (secondary N) is 4. The zero-order valence-corrected chi connectivity index (χ0v) is 32.4. The number of aromatic nitrogens is 4. The molecule has 2 heterocycles. The summed E-state index contributed by atoms with van der Waals surface area (Å²) in [4.78, 5) is 69.2. The molecule has 57 heavy (non-hydrogen) atoms. The molecule has 0 saturated heterocycles. The van der Waals surface area contributed by atoms with Crippen molar-refractivity contribution in [2.45, 2.75) is 58.3 Å². The molecule has 0 unspecified atom stereocenters. The van der Waals surface area contributed by atoms with Crippen LogP contribution in [0.25, 0.3) is 5.69 Å². The van der Waals surface area contributed by atoms with Crippen molar-refractivity contribution in [3.63, 3.8) is 0 Å². The summed E-state index contributed by atoms with van der Waals surface area (Å²) in [6, 6.07) is 13.7. The Bertz CT molecular complexity index is 2040. The molecular weight excluding hydrogens is 738 g/mol. The third-order valence-corrected chi connectivity index (χ3v) is 9.21. The number of hydrogen-bond donors (Lipinski definition) is 5. The minimum atomic E-state index is -1.46. The summed E-state index contributed by atoms with van der Waals surface area (Å²) in [5, 5.41) is 32.7. The molecule has 0 radical (unpaired) electrons. The van der Waals surface area contributed by atoms with E-state index >= 15 is 0 Å². The minimum Gasteiger partial charge on any atom is -0.496 e. The standard InChI is InChI=1S/C39H47N9O9/c1-23(2)34-37(52)41-20-28-29(55-4)9-8-10-30(28)57-32-19-26(13-16-31(32)56-5)36(51)40-17-6-7-18-47(21-33(50)43-35(24(3)49)38(53)44-34)39(54)25-11-14-27(15-12-25)48-22-42-45-46-48/h8-16,19,22-24,34-35,49H,6-7,17-18,20-21H2,1-5H3,(H,40,51)(H,41,52)(H,43,50)(H,44,53)/t24-,34-,35+/m1/s1. The first kappa shape index (κ1) is 41.6. The van der Waals surface area contributed by atoms with Gasteiger partial charge >= 0.3 is 0 Å². The number of methoxy groups -OCH3 is 2. The molecule has 5 rings (SSSR count). The monoisotopic (exact) mass is 785 g/mol. The molecule has 3 aromatic carbocycles. The van der Waals surface area contributed by atoms with Gasteiger partial charge in [-0.05, 0) is 90.7 Å². The first-order valence-electron chi connectivity index (χ1n) is 18.4. The quantitative estimate of drug-likeness (QED) is 0.189. The molecule has 18 heteroatoms. The highest BCUT2D eigenvalue weighted by Gasteiger charge is 2.32. The summed E-state index contributed by atoms with van der Waals surface area (Å²) in [6.45, 7) is 4.62. The number of fused-ring (bicyclic) bond motifs is 3. The predicted molar refractivity (Wildman–Crippen MR) is 205 cm³/mol. The number of aliphatic hydroxyl groups is 1. The van der Waals surface area contributed by atoms with Crippen LogP contribution in [0.15, 0.2) is 67.0 Å². The van der Waals surface area contributed by atoms with E-state index in [0.29, 0.717) is 46.9 Å². The van der Waals surface area contributed by atoms with Crippen molar-refractivity contribution in [1.82, 2.24) is 46.4 Å². The van der Waals surface area contributed by atoms with Crippen LogP contribution in [-0.4, -0.2) is 112 Å². The number of carbonyl (C=O) groups excluding carboxylic acids is 5. The van der Waals surface area contributed by atoms with Gasteiger partial charge in [-0.2, -0.15) is 0 Å². The van der Waals surface area contributed by atoms with Gasteiger partial charge in [0.1, 0.15) is 29.9 Å². The third kappa shape index (κ3) is 10.6. The molecule has 3 atom stereocenters. The van der Waals surface area contributed by atoms with E-state index in [1.54, 1.807) is 68.4 Å². The second kappa shape index (κ2) is 19.3. The Morgan fingerprint density at radius 2 is 1.63 bits per heavy atom. The average molecular weight is 786 g/mol. The van der Waals surface area contributed by atoms with Gasteiger partial charge in [0.25, 0.3) is 11.8 Å². The Balaban J connectivity index is 1.44. The SMILES string of the molecule is COc1ccc2cc1Oc1cccc(OC)c1CNC(=O)[C@@H](C(C)C)NC(=O)[C@H]([C@@H](C)O)NC(=O)CN(C(=O)c1ccc(-n3cnnn3)cc1)CCCCNC2=O. The maximum Gasteiger partial charge on any atom is 0.254 e. The zero-order valence-electron chi connectivity index (χ0n) is 32.4. The van der Waals surface area contributed by atoms with Gasteiger partial charge in [-0.1, -0.05) is 19.9 Å². The van der Waals surface area contributed by atoms with E-state index in [1.165, 1.54) is 43.1 Å². The molecular formula is C39H47N9O9. The van der Waals surface area contributed by atoms with Crippen LogP contribution < -0.4 is 35.5 Å². The number of benzene rings is 3. The number of amides is 5. The Morgan fingerprint density at radius 3 is 2.30 bits per heavy atom. The fourth-order valence-electron chi connectivity index (χ4n) is 6.09. The number of nitrogens with zero attached hydrogens (tertiary/aromatic N) is 5. The van der Waals surface area contributed by atoms with E-state index in [-0.39, 0.29) is 36.9 Å². The topological polar surface area (TPSA) is 228 Å². The smallest absolute Gasteiger partial charge is 0.254 e. The second-order valence-corrected chi connectivity index (χ2v) is 13.6. The van der Waals surface area contributed by atoms with Gasteiger partial charge < -0.3 is 45.5 Å². The lowest BCUT2D eigenvalue weighted by molar-refractivity contribution is -0.135. The number of hydrogen-bond acceptors (Lipinski definition) is 12. The Kier molecular flexibility index (Phi) is 14.1. The summed E-state index contributed by atoms with van der Waals surface area (Å²) in [5.41, 5.74) is 1.65. The maximum absolute atomic E-state index is 13.8. The van der Waals surface area contributed by atoms with E-state index in [0.717, 1.165) is 0 Å². The molecule has 5 N–H and O–H groups in total. The van der Waals surface area contributed by atoms with Crippen molar-refractivity contribution in [2.75, 3.05) is 33.9 Å².